The molecule has 3 aromatic rings. The van der Waals surface area contributed by atoms with Gasteiger partial charge in [-0.05, 0) is 25.1 Å². The number of hydrogen-bond donors (Lipinski definition) is 1. The molecule has 2 heterocycles. The maximum atomic E-state index is 12.1. The van der Waals surface area contributed by atoms with E-state index in [4.69, 9.17) is 9.26 Å². The van der Waals surface area contributed by atoms with Gasteiger partial charge in [-0.3, -0.25) is 9.59 Å². The van der Waals surface area contributed by atoms with Crippen molar-refractivity contribution in [2.75, 3.05) is 12.4 Å². The highest BCUT2D eigenvalue weighted by Crippen LogP contribution is 2.25. The fraction of sp³-hybridized carbons (Fsp3) is 0.188. The number of ether oxygens (including phenoxy) is 1. The van der Waals surface area contributed by atoms with Gasteiger partial charge in [-0.1, -0.05) is 5.16 Å². The summed E-state index contributed by atoms with van der Waals surface area (Å²) >= 11 is 0. The van der Waals surface area contributed by atoms with Crippen LogP contribution in [0.5, 0.6) is 5.75 Å². The molecule has 0 spiro atoms. The maximum Gasteiger partial charge on any atom is 0.245 e. The Morgan fingerprint density at radius 3 is 2.91 bits per heavy atom. The van der Waals surface area contributed by atoms with Crippen LogP contribution >= 0.6 is 0 Å². The highest BCUT2D eigenvalue weighted by atomic mass is 16.5. The first-order valence-corrected chi connectivity index (χ1v) is 6.96. The number of fused-ring (bicyclic) bond motifs is 1. The summed E-state index contributed by atoms with van der Waals surface area (Å²) in [6, 6.07) is 7.00. The predicted octanol–water partition coefficient (Wildman–Crippen LogP) is 2.40. The van der Waals surface area contributed by atoms with E-state index in [9.17, 15) is 9.59 Å². The van der Waals surface area contributed by atoms with Crippen molar-refractivity contribution < 1.29 is 18.8 Å². The number of nitrogens with zero attached hydrogens (tertiary/aromatic N) is 2. The molecule has 1 aromatic carbocycles. The van der Waals surface area contributed by atoms with E-state index in [0.717, 1.165) is 17.2 Å². The van der Waals surface area contributed by atoms with Crippen molar-refractivity contribution >= 4 is 28.9 Å². The molecule has 0 unspecified atom stereocenters. The van der Waals surface area contributed by atoms with Gasteiger partial charge >= 0.3 is 0 Å². The number of carbonyl (C=O) groups is 2. The first-order chi connectivity index (χ1) is 11.1. The number of benzene rings is 1. The highest BCUT2D eigenvalue weighted by Gasteiger charge is 2.13. The Bertz CT molecular complexity index is 879. The average Bonchev–Trinajstić information content (AvgIpc) is 3.10. The number of rotatable bonds is 5. The summed E-state index contributed by atoms with van der Waals surface area (Å²) in [6.45, 7) is 1.80. The summed E-state index contributed by atoms with van der Waals surface area (Å²) in [6.07, 6.45) is 2.40. The number of hydrogen-bond acceptors (Lipinski definition) is 5. The molecule has 7 heteroatoms. The van der Waals surface area contributed by atoms with Gasteiger partial charge in [0.25, 0.3) is 0 Å². The van der Waals surface area contributed by atoms with E-state index in [1.807, 2.05) is 6.07 Å². The molecule has 0 saturated heterocycles. The van der Waals surface area contributed by atoms with Gasteiger partial charge in [-0.15, -0.1) is 0 Å². The predicted molar refractivity (Wildman–Crippen MR) is 83.7 cm³/mol. The zero-order chi connectivity index (χ0) is 16.4. The average molecular weight is 313 g/mol. The van der Waals surface area contributed by atoms with Gasteiger partial charge in [0.1, 0.15) is 18.1 Å². The molecule has 1 N–H and O–H groups in total. The smallest absolute Gasteiger partial charge is 0.245 e. The number of methoxy groups -OCH3 is 1. The molecule has 2 aromatic heterocycles. The summed E-state index contributed by atoms with van der Waals surface area (Å²) in [7, 11) is 1.56. The molecule has 0 bridgehead atoms. The van der Waals surface area contributed by atoms with Crippen LogP contribution in [0.15, 0.2) is 35.0 Å². The lowest BCUT2D eigenvalue weighted by molar-refractivity contribution is -0.116. The Labute approximate surface area is 131 Å². The van der Waals surface area contributed by atoms with Crippen LogP contribution in [-0.4, -0.2) is 29.0 Å². The van der Waals surface area contributed by atoms with E-state index in [0.29, 0.717) is 22.9 Å². The van der Waals surface area contributed by atoms with Crippen LogP contribution in [0.2, 0.25) is 0 Å². The van der Waals surface area contributed by atoms with E-state index in [-0.39, 0.29) is 12.5 Å². The third kappa shape index (κ3) is 2.94. The summed E-state index contributed by atoms with van der Waals surface area (Å²) < 4.78 is 11.8. The maximum absolute atomic E-state index is 12.1. The monoisotopic (exact) mass is 313 g/mol. The van der Waals surface area contributed by atoms with Crippen LogP contribution in [0.1, 0.15) is 16.1 Å². The minimum absolute atomic E-state index is 0.0581. The second kappa shape index (κ2) is 5.96. The van der Waals surface area contributed by atoms with Crippen molar-refractivity contribution in [2.24, 2.45) is 0 Å². The summed E-state index contributed by atoms with van der Waals surface area (Å²) in [5.74, 6) is 1.37. The first kappa shape index (κ1) is 14.8. The van der Waals surface area contributed by atoms with E-state index in [1.54, 1.807) is 43.0 Å². The Kier molecular flexibility index (Phi) is 3.84. The van der Waals surface area contributed by atoms with Gasteiger partial charge in [0.05, 0.1) is 7.11 Å². The van der Waals surface area contributed by atoms with Crippen molar-refractivity contribution in [3.63, 3.8) is 0 Å². The van der Waals surface area contributed by atoms with Crippen LogP contribution in [0.3, 0.4) is 0 Å². The number of anilines is 1. The van der Waals surface area contributed by atoms with E-state index < -0.39 is 0 Å². The second-order valence-electron chi connectivity index (χ2n) is 5.08. The number of aromatic nitrogens is 2. The van der Waals surface area contributed by atoms with Crippen LogP contribution in [-0.2, 0) is 11.3 Å². The fourth-order valence-electron chi connectivity index (χ4n) is 2.42. The zero-order valence-electron chi connectivity index (χ0n) is 12.7. The van der Waals surface area contributed by atoms with E-state index >= 15 is 0 Å². The molecule has 0 radical (unpaired) electrons. The standard InChI is InChI=1S/C16H15N3O4/c1-10-5-15(18-23-10)17-16(21)8-19-7-11(9-20)13-6-12(22-2)3-4-14(13)19/h3-7,9H,8H2,1-2H3,(H,17,18,21). The number of carbonyl (C=O) groups excluding carboxylic acids is 2. The number of nitrogens with one attached hydrogen (secondary N) is 1. The first-order valence-electron chi connectivity index (χ1n) is 6.96. The molecule has 23 heavy (non-hydrogen) atoms. The Balaban J connectivity index is 1.87. The Morgan fingerprint density at radius 1 is 1.43 bits per heavy atom. The summed E-state index contributed by atoms with van der Waals surface area (Å²) in [5.41, 5.74) is 1.28. The van der Waals surface area contributed by atoms with Gasteiger partial charge in [-0.2, -0.15) is 0 Å². The van der Waals surface area contributed by atoms with E-state index in [1.165, 1.54) is 0 Å². The minimum atomic E-state index is -0.261. The van der Waals surface area contributed by atoms with E-state index in [2.05, 4.69) is 10.5 Å². The minimum Gasteiger partial charge on any atom is -0.497 e. The molecular weight excluding hydrogens is 298 g/mol. The van der Waals surface area contributed by atoms with Crippen molar-refractivity contribution in [3.05, 3.63) is 41.8 Å². The molecule has 118 valence electrons. The molecule has 7 nitrogen and oxygen atoms in total. The number of aryl methyl sites for hydroxylation is 1. The number of aldehydes is 1. The molecule has 3 rings (SSSR count). The third-order valence-electron chi connectivity index (χ3n) is 3.46. The second-order valence-corrected chi connectivity index (χ2v) is 5.08. The Hall–Kier alpha value is -3.09. The van der Waals surface area contributed by atoms with Gasteiger partial charge in [0.2, 0.25) is 5.91 Å². The van der Waals surface area contributed by atoms with Crippen LogP contribution in [0, 0.1) is 6.92 Å². The topological polar surface area (TPSA) is 86.4 Å². The lowest BCUT2D eigenvalue weighted by Crippen LogP contribution is -2.18. The lowest BCUT2D eigenvalue weighted by atomic mass is 10.2. The van der Waals surface area contributed by atoms with Gasteiger partial charge in [0.15, 0.2) is 12.1 Å². The van der Waals surface area contributed by atoms with Crippen molar-refractivity contribution in [1.29, 1.82) is 0 Å². The van der Waals surface area contributed by atoms with Crippen molar-refractivity contribution in [1.82, 2.24) is 9.72 Å². The SMILES string of the molecule is COc1ccc2c(c1)c(C=O)cn2CC(=O)Nc1cc(C)on1. The van der Waals surface area contributed by atoms with Gasteiger partial charge in [-0.25, -0.2) is 0 Å². The molecule has 0 atom stereocenters. The Morgan fingerprint density at radius 2 is 2.26 bits per heavy atom. The molecular formula is C16H15N3O4. The van der Waals surface area contributed by atoms with Crippen molar-refractivity contribution in [3.8, 4) is 5.75 Å². The molecule has 0 saturated carbocycles. The van der Waals surface area contributed by atoms with Crippen LogP contribution in [0.4, 0.5) is 5.82 Å². The molecule has 0 fully saturated rings. The normalized spacial score (nSPS) is 10.7. The number of amides is 1. The quantitative estimate of drug-likeness (QED) is 0.731. The van der Waals surface area contributed by atoms with Crippen LogP contribution < -0.4 is 10.1 Å². The van der Waals surface area contributed by atoms with Crippen molar-refractivity contribution in [2.45, 2.75) is 13.5 Å². The molecule has 1 amide bonds. The van der Waals surface area contributed by atoms with Crippen LogP contribution in [0.25, 0.3) is 10.9 Å². The summed E-state index contributed by atoms with van der Waals surface area (Å²) in [5, 5.41) is 7.10. The summed E-state index contributed by atoms with van der Waals surface area (Å²) in [4.78, 5) is 23.4. The largest absolute Gasteiger partial charge is 0.497 e. The molecule has 0 aliphatic heterocycles. The lowest BCUT2D eigenvalue weighted by Gasteiger charge is -2.05. The van der Waals surface area contributed by atoms with Gasteiger partial charge in [0, 0.05) is 28.7 Å². The van der Waals surface area contributed by atoms with Gasteiger partial charge < -0.3 is 19.1 Å². The molecule has 0 aliphatic rings. The zero-order valence-corrected chi connectivity index (χ0v) is 12.7. The third-order valence-corrected chi connectivity index (χ3v) is 3.46. The molecule has 0 aliphatic carbocycles. The highest BCUT2D eigenvalue weighted by molar-refractivity contribution is 5.99. The fourth-order valence-corrected chi connectivity index (χ4v) is 2.42.